The van der Waals surface area contributed by atoms with Crippen LogP contribution in [0.4, 0.5) is 5.69 Å². The van der Waals surface area contributed by atoms with Crippen LogP contribution in [0.5, 0.6) is 0 Å². The Morgan fingerprint density at radius 1 is 1.50 bits per heavy atom. The van der Waals surface area contributed by atoms with Crippen molar-refractivity contribution >= 4 is 29.1 Å². The molecule has 0 bridgehead atoms. The number of aliphatic hydroxyl groups is 1. The molecule has 1 saturated heterocycles. The van der Waals surface area contributed by atoms with Crippen LogP contribution in [0.25, 0.3) is 0 Å². The molecule has 3 nitrogen and oxygen atoms in total. The molecule has 5 heteroatoms. The van der Waals surface area contributed by atoms with Crippen molar-refractivity contribution in [3.05, 3.63) is 23.2 Å². The van der Waals surface area contributed by atoms with Gasteiger partial charge in [-0.15, -0.1) is 11.8 Å². The molecule has 18 heavy (non-hydrogen) atoms. The zero-order valence-corrected chi connectivity index (χ0v) is 12.0. The minimum Gasteiger partial charge on any atom is -0.396 e. The minimum absolute atomic E-state index is 0.129. The minimum atomic E-state index is -0.129. The number of hydrogen-bond acceptors (Lipinski definition) is 4. The summed E-state index contributed by atoms with van der Waals surface area (Å²) in [5.74, 6) is 1.02. The van der Waals surface area contributed by atoms with E-state index in [1.165, 1.54) is 4.90 Å². The van der Waals surface area contributed by atoms with Crippen LogP contribution < -0.4 is 5.32 Å². The predicted octanol–water partition coefficient (Wildman–Crippen LogP) is 2.87. The molecule has 0 radical (unpaired) electrons. The van der Waals surface area contributed by atoms with Crippen molar-refractivity contribution in [2.45, 2.75) is 11.8 Å². The number of aliphatic hydroxyl groups excluding tert-OH is 1. The van der Waals surface area contributed by atoms with Crippen molar-refractivity contribution in [3.63, 3.8) is 0 Å². The summed E-state index contributed by atoms with van der Waals surface area (Å²) in [5, 5.41) is 13.5. The molecular formula is C13H18ClNO2S. The number of rotatable bonds is 6. The van der Waals surface area contributed by atoms with E-state index >= 15 is 0 Å². The Morgan fingerprint density at radius 3 is 2.83 bits per heavy atom. The van der Waals surface area contributed by atoms with Crippen LogP contribution in [-0.2, 0) is 4.74 Å². The van der Waals surface area contributed by atoms with Gasteiger partial charge in [-0.05, 0) is 24.0 Å². The second-order valence-corrected chi connectivity index (χ2v) is 6.32. The monoisotopic (exact) mass is 287 g/mol. The zero-order chi connectivity index (χ0) is 13.0. The molecule has 1 aliphatic heterocycles. The summed E-state index contributed by atoms with van der Waals surface area (Å²) >= 11 is 7.80. The third-order valence-corrected chi connectivity index (χ3v) is 4.24. The Labute approximate surface area is 117 Å². The summed E-state index contributed by atoms with van der Waals surface area (Å²) < 4.78 is 5.19. The molecule has 0 spiro atoms. The van der Waals surface area contributed by atoms with Crippen LogP contribution in [0.3, 0.4) is 0 Å². The van der Waals surface area contributed by atoms with Gasteiger partial charge in [-0.25, -0.2) is 0 Å². The van der Waals surface area contributed by atoms with Gasteiger partial charge in [0.2, 0.25) is 0 Å². The maximum Gasteiger partial charge on any atom is 0.0584 e. The van der Waals surface area contributed by atoms with Crippen LogP contribution in [0, 0.1) is 5.41 Å². The normalized spacial score (nSPS) is 17.3. The fourth-order valence-corrected chi connectivity index (χ4v) is 2.78. The van der Waals surface area contributed by atoms with Gasteiger partial charge in [-0.3, -0.25) is 0 Å². The molecule has 1 aromatic rings. The molecule has 100 valence electrons. The maximum absolute atomic E-state index is 9.39. The first-order valence-electron chi connectivity index (χ1n) is 6.04. The number of nitrogens with one attached hydrogen (secondary N) is 1. The molecule has 0 aliphatic carbocycles. The summed E-state index contributed by atoms with van der Waals surface area (Å²) in [7, 11) is 0. The largest absolute Gasteiger partial charge is 0.396 e. The lowest BCUT2D eigenvalue weighted by atomic mass is 9.87. The quantitative estimate of drug-likeness (QED) is 0.790. The summed E-state index contributed by atoms with van der Waals surface area (Å²) in [4.78, 5) is 1.19. The van der Waals surface area contributed by atoms with Crippen LogP contribution in [0.2, 0.25) is 5.02 Å². The number of halogens is 1. The summed E-state index contributed by atoms with van der Waals surface area (Å²) in [5.41, 5.74) is 0.908. The van der Waals surface area contributed by atoms with Gasteiger partial charge in [0.15, 0.2) is 0 Å². The van der Waals surface area contributed by atoms with Crippen LogP contribution in [-0.4, -0.2) is 37.2 Å². The van der Waals surface area contributed by atoms with Crippen LogP contribution in [0.1, 0.15) is 6.92 Å². The van der Waals surface area contributed by atoms with E-state index in [4.69, 9.17) is 16.3 Å². The highest BCUT2D eigenvalue weighted by molar-refractivity contribution is 7.99. The Balaban J connectivity index is 2.05. The van der Waals surface area contributed by atoms with E-state index in [9.17, 15) is 5.11 Å². The third kappa shape index (κ3) is 3.12. The van der Waals surface area contributed by atoms with Gasteiger partial charge >= 0.3 is 0 Å². The first-order valence-corrected chi connectivity index (χ1v) is 7.40. The van der Waals surface area contributed by atoms with Gasteiger partial charge in [0.1, 0.15) is 0 Å². The van der Waals surface area contributed by atoms with Crippen molar-refractivity contribution in [1.82, 2.24) is 0 Å². The molecular weight excluding hydrogens is 270 g/mol. The van der Waals surface area contributed by atoms with Gasteiger partial charge in [-0.1, -0.05) is 18.5 Å². The average Bonchev–Trinajstić information content (AvgIpc) is 2.32. The van der Waals surface area contributed by atoms with Crippen molar-refractivity contribution in [3.8, 4) is 0 Å². The number of thioether (sulfide) groups is 1. The Kier molecular flexibility index (Phi) is 4.78. The second-order valence-electron chi connectivity index (χ2n) is 4.58. The molecule has 1 fully saturated rings. The zero-order valence-electron chi connectivity index (χ0n) is 10.4. The highest BCUT2D eigenvalue weighted by atomic mass is 35.5. The smallest absolute Gasteiger partial charge is 0.0584 e. The van der Waals surface area contributed by atoms with E-state index in [0.29, 0.717) is 19.8 Å². The fourth-order valence-electron chi connectivity index (χ4n) is 1.84. The molecule has 2 rings (SSSR count). The Morgan fingerprint density at radius 2 is 2.28 bits per heavy atom. The van der Waals surface area contributed by atoms with E-state index in [0.717, 1.165) is 16.5 Å². The van der Waals surface area contributed by atoms with Gasteiger partial charge in [0.05, 0.1) is 25.2 Å². The summed E-state index contributed by atoms with van der Waals surface area (Å²) in [6, 6.07) is 5.87. The standard InChI is InChI=1S/C13H18ClNO2S/c1-2-18-12-4-3-10(14)5-11(12)15-6-13(7-16)8-17-9-13/h3-5,15-16H,2,6-9H2,1H3. The number of benzene rings is 1. The number of hydrogen-bond donors (Lipinski definition) is 2. The highest BCUT2D eigenvalue weighted by Gasteiger charge is 2.37. The Hall–Kier alpha value is -0.420. The lowest BCUT2D eigenvalue weighted by Gasteiger charge is -2.40. The molecule has 0 atom stereocenters. The first-order chi connectivity index (χ1) is 8.69. The van der Waals surface area contributed by atoms with E-state index < -0.39 is 0 Å². The molecule has 0 saturated carbocycles. The number of ether oxygens (including phenoxy) is 1. The molecule has 0 unspecified atom stereocenters. The van der Waals surface area contributed by atoms with Gasteiger partial charge < -0.3 is 15.2 Å². The van der Waals surface area contributed by atoms with Gasteiger partial charge in [0.25, 0.3) is 0 Å². The molecule has 1 aliphatic rings. The van der Waals surface area contributed by atoms with Crippen LogP contribution >= 0.6 is 23.4 Å². The summed E-state index contributed by atoms with van der Waals surface area (Å²) in [6.07, 6.45) is 0. The predicted molar refractivity (Wildman–Crippen MR) is 76.7 cm³/mol. The summed E-state index contributed by atoms with van der Waals surface area (Å²) in [6.45, 7) is 4.22. The fraction of sp³-hybridized carbons (Fsp3) is 0.538. The van der Waals surface area contributed by atoms with E-state index in [-0.39, 0.29) is 12.0 Å². The lowest BCUT2D eigenvalue weighted by molar-refractivity contribution is -0.128. The molecule has 2 N–H and O–H groups in total. The molecule has 1 aromatic carbocycles. The van der Waals surface area contributed by atoms with E-state index in [1.807, 2.05) is 18.2 Å². The van der Waals surface area contributed by atoms with Crippen molar-refractivity contribution in [1.29, 1.82) is 0 Å². The molecule has 0 aromatic heterocycles. The average molecular weight is 288 g/mol. The SMILES string of the molecule is CCSc1ccc(Cl)cc1NCC1(CO)COC1. The van der Waals surface area contributed by atoms with Crippen molar-refractivity contribution in [2.24, 2.45) is 5.41 Å². The first kappa shape index (κ1) is 14.0. The lowest BCUT2D eigenvalue weighted by Crippen LogP contribution is -2.50. The van der Waals surface area contributed by atoms with Crippen molar-refractivity contribution < 1.29 is 9.84 Å². The van der Waals surface area contributed by atoms with E-state index in [1.54, 1.807) is 11.8 Å². The maximum atomic E-state index is 9.39. The number of anilines is 1. The van der Waals surface area contributed by atoms with E-state index in [2.05, 4.69) is 12.2 Å². The van der Waals surface area contributed by atoms with Gasteiger partial charge in [0, 0.05) is 22.2 Å². The second kappa shape index (κ2) is 6.15. The van der Waals surface area contributed by atoms with Gasteiger partial charge in [-0.2, -0.15) is 0 Å². The molecule has 0 amide bonds. The Bertz CT molecular complexity index is 404. The van der Waals surface area contributed by atoms with Crippen molar-refractivity contribution in [2.75, 3.05) is 37.4 Å². The topological polar surface area (TPSA) is 41.5 Å². The molecule has 1 heterocycles. The van der Waals surface area contributed by atoms with Crippen LogP contribution in [0.15, 0.2) is 23.1 Å². The highest BCUT2D eigenvalue weighted by Crippen LogP contribution is 2.32. The third-order valence-electron chi connectivity index (χ3n) is 3.05.